The third-order valence-corrected chi connectivity index (χ3v) is 5.83. The van der Waals surface area contributed by atoms with Crippen LogP contribution in [0.3, 0.4) is 0 Å². The summed E-state index contributed by atoms with van der Waals surface area (Å²) in [4.78, 5) is 14.5. The number of carbonyl (C=O) groups excluding carboxylic acids is 1. The minimum atomic E-state index is -0.0258. The zero-order valence-corrected chi connectivity index (χ0v) is 16.1. The normalized spacial score (nSPS) is 13.9. The van der Waals surface area contributed by atoms with Gasteiger partial charge in [-0.05, 0) is 54.8 Å². The van der Waals surface area contributed by atoms with Crippen LogP contribution in [0.15, 0.2) is 42.5 Å². The summed E-state index contributed by atoms with van der Waals surface area (Å²) in [6, 6.07) is 13.5. The molecule has 1 fully saturated rings. The van der Waals surface area contributed by atoms with Gasteiger partial charge in [-0.2, -0.15) is 0 Å². The highest BCUT2D eigenvalue weighted by Gasteiger charge is 2.12. The summed E-state index contributed by atoms with van der Waals surface area (Å²) in [5.41, 5.74) is 2.92. The van der Waals surface area contributed by atoms with E-state index in [1.807, 2.05) is 30.3 Å². The van der Waals surface area contributed by atoms with Crippen molar-refractivity contribution in [2.24, 2.45) is 0 Å². The summed E-state index contributed by atoms with van der Waals surface area (Å²) in [7, 11) is 0. The van der Waals surface area contributed by atoms with Crippen molar-refractivity contribution in [2.75, 3.05) is 29.1 Å². The van der Waals surface area contributed by atoms with Crippen molar-refractivity contribution in [3.05, 3.63) is 58.1 Å². The number of halogens is 2. The highest BCUT2D eigenvalue weighted by atomic mass is 35.5. The van der Waals surface area contributed by atoms with Crippen LogP contribution in [0.2, 0.25) is 10.0 Å². The number of hydrogen-bond acceptors (Lipinski definition) is 3. The van der Waals surface area contributed by atoms with Gasteiger partial charge in [0.2, 0.25) is 5.91 Å². The molecule has 0 aliphatic carbocycles. The standard InChI is InChI=1S/C19H20Cl2N2OS/c20-17-4-3-5-18(21)16(17)12-25-13-19(24)22-14-6-8-15(9-7-14)23-10-1-2-11-23/h3-9H,1-2,10-13H2,(H,22,24). The van der Waals surface area contributed by atoms with Crippen LogP contribution in [-0.2, 0) is 10.5 Å². The highest BCUT2D eigenvalue weighted by Crippen LogP contribution is 2.28. The lowest BCUT2D eigenvalue weighted by atomic mass is 10.2. The average molecular weight is 395 g/mol. The van der Waals surface area contributed by atoms with Gasteiger partial charge in [0.25, 0.3) is 0 Å². The molecule has 0 radical (unpaired) electrons. The molecule has 1 heterocycles. The lowest BCUT2D eigenvalue weighted by Gasteiger charge is -2.17. The van der Waals surface area contributed by atoms with E-state index >= 15 is 0 Å². The van der Waals surface area contributed by atoms with Gasteiger partial charge in [-0.15, -0.1) is 11.8 Å². The molecule has 0 unspecified atom stereocenters. The van der Waals surface area contributed by atoms with Crippen molar-refractivity contribution in [2.45, 2.75) is 18.6 Å². The maximum atomic E-state index is 12.1. The quantitative estimate of drug-likeness (QED) is 0.704. The summed E-state index contributed by atoms with van der Waals surface area (Å²) in [5.74, 6) is 0.942. The molecule has 0 saturated carbocycles. The molecule has 1 amide bonds. The molecule has 1 N–H and O–H groups in total. The van der Waals surface area contributed by atoms with Gasteiger partial charge in [0, 0.05) is 40.3 Å². The van der Waals surface area contributed by atoms with Crippen molar-refractivity contribution in [3.63, 3.8) is 0 Å². The van der Waals surface area contributed by atoms with Crippen molar-refractivity contribution in [1.82, 2.24) is 0 Å². The Kier molecular flexibility index (Phi) is 6.51. The topological polar surface area (TPSA) is 32.3 Å². The zero-order valence-electron chi connectivity index (χ0n) is 13.8. The van der Waals surface area contributed by atoms with Crippen molar-refractivity contribution in [1.29, 1.82) is 0 Å². The number of nitrogens with one attached hydrogen (secondary N) is 1. The third kappa shape index (κ3) is 5.06. The first-order valence-corrected chi connectivity index (χ1v) is 10.2. The summed E-state index contributed by atoms with van der Waals surface area (Å²) in [5, 5.41) is 4.20. The molecular weight excluding hydrogens is 375 g/mol. The molecule has 0 aromatic heterocycles. The molecule has 2 aromatic rings. The molecule has 25 heavy (non-hydrogen) atoms. The average Bonchev–Trinajstić information content (AvgIpc) is 3.13. The maximum Gasteiger partial charge on any atom is 0.234 e. The number of amides is 1. The Morgan fingerprint density at radius 1 is 1.04 bits per heavy atom. The number of anilines is 2. The highest BCUT2D eigenvalue weighted by molar-refractivity contribution is 7.99. The minimum Gasteiger partial charge on any atom is -0.372 e. The van der Waals surface area contributed by atoms with Gasteiger partial charge in [-0.25, -0.2) is 0 Å². The van der Waals surface area contributed by atoms with Crippen molar-refractivity contribution >= 4 is 52.2 Å². The second kappa shape index (κ2) is 8.84. The van der Waals surface area contributed by atoms with E-state index in [4.69, 9.17) is 23.2 Å². The van der Waals surface area contributed by atoms with Crippen LogP contribution in [-0.4, -0.2) is 24.7 Å². The van der Waals surface area contributed by atoms with Gasteiger partial charge >= 0.3 is 0 Å². The van der Waals surface area contributed by atoms with Crippen LogP contribution in [0.1, 0.15) is 18.4 Å². The second-order valence-electron chi connectivity index (χ2n) is 5.98. The second-order valence-corrected chi connectivity index (χ2v) is 7.78. The van der Waals surface area contributed by atoms with Gasteiger partial charge < -0.3 is 10.2 Å². The molecule has 0 spiro atoms. The third-order valence-electron chi connectivity index (χ3n) is 4.16. The summed E-state index contributed by atoms with van der Waals surface area (Å²) < 4.78 is 0. The lowest BCUT2D eigenvalue weighted by molar-refractivity contribution is -0.113. The summed E-state index contributed by atoms with van der Waals surface area (Å²) in [6.07, 6.45) is 2.51. The smallest absolute Gasteiger partial charge is 0.234 e. The predicted octanol–water partition coefficient (Wildman–Crippen LogP) is 5.47. The van der Waals surface area contributed by atoms with Crippen LogP contribution < -0.4 is 10.2 Å². The molecule has 1 saturated heterocycles. The molecule has 0 bridgehead atoms. The molecule has 1 aliphatic heterocycles. The van der Waals surface area contributed by atoms with Gasteiger partial charge in [-0.1, -0.05) is 29.3 Å². The van der Waals surface area contributed by atoms with Crippen molar-refractivity contribution < 1.29 is 4.79 Å². The number of hydrogen-bond donors (Lipinski definition) is 1. The van der Waals surface area contributed by atoms with E-state index in [0.717, 1.165) is 24.3 Å². The zero-order chi connectivity index (χ0) is 17.6. The Balaban J connectivity index is 1.47. The fourth-order valence-corrected chi connectivity index (χ4v) is 4.41. The maximum absolute atomic E-state index is 12.1. The number of nitrogens with zero attached hydrogens (tertiary/aromatic N) is 1. The van der Waals surface area contributed by atoms with Crippen LogP contribution in [0, 0.1) is 0 Å². The fraction of sp³-hybridized carbons (Fsp3) is 0.316. The summed E-state index contributed by atoms with van der Waals surface area (Å²) in [6.45, 7) is 2.24. The first-order chi connectivity index (χ1) is 12.1. The van der Waals surface area contributed by atoms with Crippen molar-refractivity contribution in [3.8, 4) is 0 Å². The molecule has 2 aromatic carbocycles. The van der Waals surface area contributed by atoms with E-state index in [1.165, 1.54) is 30.3 Å². The first kappa shape index (κ1) is 18.4. The molecule has 3 rings (SSSR count). The van der Waals surface area contributed by atoms with E-state index in [1.54, 1.807) is 0 Å². The largest absolute Gasteiger partial charge is 0.372 e. The Labute approximate surface area is 162 Å². The Bertz CT molecular complexity index is 710. The van der Waals surface area contributed by atoms with Gasteiger partial charge in [0.15, 0.2) is 0 Å². The van der Waals surface area contributed by atoms with Crippen LogP contribution in [0.25, 0.3) is 0 Å². The van der Waals surface area contributed by atoms with E-state index in [9.17, 15) is 4.79 Å². The minimum absolute atomic E-state index is 0.0258. The Morgan fingerprint density at radius 3 is 2.32 bits per heavy atom. The van der Waals surface area contributed by atoms with Crippen LogP contribution in [0.5, 0.6) is 0 Å². The lowest BCUT2D eigenvalue weighted by Crippen LogP contribution is -2.18. The van der Waals surface area contributed by atoms with E-state index < -0.39 is 0 Å². The Hall–Kier alpha value is -1.36. The number of rotatable bonds is 6. The van der Waals surface area contributed by atoms with E-state index in [2.05, 4.69) is 22.3 Å². The Morgan fingerprint density at radius 2 is 1.68 bits per heavy atom. The summed E-state index contributed by atoms with van der Waals surface area (Å²) >= 11 is 13.8. The monoisotopic (exact) mass is 394 g/mol. The molecule has 0 atom stereocenters. The first-order valence-electron chi connectivity index (χ1n) is 8.29. The molecule has 132 valence electrons. The number of benzene rings is 2. The number of carbonyl (C=O) groups is 1. The number of thioether (sulfide) groups is 1. The van der Waals surface area contributed by atoms with E-state index in [0.29, 0.717) is 21.6 Å². The molecule has 3 nitrogen and oxygen atoms in total. The van der Waals surface area contributed by atoms with E-state index in [-0.39, 0.29) is 5.91 Å². The molecule has 6 heteroatoms. The van der Waals surface area contributed by atoms with Crippen LogP contribution >= 0.6 is 35.0 Å². The SMILES string of the molecule is O=C(CSCc1c(Cl)cccc1Cl)Nc1ccc(N2CCCC2)cc1. The van der Waals surface area contributed by atoms with Gasteiger partial charge in [0.1, 0.15) is 0 Å². The van der Waals surface area contributed by atoms with Gasteiger partial charge in [0.05, 0.1) is 5.75 Å². The molecule has 1 aliphatic rings. The fourth-order valence-electron chi connectivity index (χ4n) is 2.84. The molecular formula is C19H20Cl2N2OS. The predicted molar refractivity (Wildman–Crippen MR) is 109 cm³/mol. The van der Waals surface area contributed by atoms with Crippen LogP contribution in [0.4, 0.5) is 11.4 Å². The van der Waals surface area contributed by atoms with Gasteiger partial charge in [-0.3, -0.25) is 4.79 Å².